The van der Waals surface area contributed by atoms with Gasteiger partial charge in [-0.2, -0.15) is 0 Å². The summed E-state index contributed by atoms with van der Waals surface area (Å²) in [6.45, 7) is 5.67. The first-order chi connectivity index (χ1) is 9.20. The van der Waals surface area contributed by atoms with E-state index in [9.17, 15) is 4.79 Å². The Morgan fingerprint density at radius 2 is 2.37 bits per heavy atom. The molecule has 1 fully saturated rings. The van der Waals surface area contributed by atoms with Crippen molar-refractivity contribution < 1.29 is 9.53 Å². The fraction of sp³-hybridized carbons (Fsp3) is 0.571. The first-order valence-corrected chi connectivity index (χ1v) is 6.83. The maximum atomic E-state index is 12.0. The molecule has 2 heterocycles. The summed E-state index contributed by atoms with van der Waals surface area (Å²) in [7, 11) is 0. The third-order valence-electron chi connectivity index (χ3n) is 3.27. The van der Waals surface area contributed by atoms with Gasteiger partial charge in [0.25, 0.3) is 5.91 Å². The van der Waals surface area contributed by atoms with Crippen LogP contribution >= 0.6 is 0 Å². The summed E-state index contributed by atoms with van der Waals surface area (Å²) in [6.07, 6.45) is 3.61. The topological polar surface area (TPSA) is 63.2 Å². The van der Waals surface area contributed by atoms with E-state index in [0.717, 1.165) is 25.2 Å². The summed E-state index contributed by atoms with van der Waals surface area (Å²) in [4.78, 5) is 16.3. The molecule has 2 atom stereocenters. The van der Waals surface area contributed by atoms with Crippen molar-refractivity contribution in [1.82, 2.24) is 10.3 Å². The maximum absolute atomic E-state index is 12.0. The molecule has 2 unspecified atom stereocenters. The third kappa shape index (κ3) is 3.67. The molecule has 0 bridgehead atoms. The summed E-state index contributed by atoms with van der Waals surface area (Å²) in [5, 5.41) is 6.16. The van der Waals surface area contributed by atoms with Crippen LogP contribution in [0.25, 0.3) is 0 Å². The minimum Gasteiger partial charge on any atom is -0.376 e. The van der Waals surface area contributed by atoms with Gasteiger partial charge in [-0.1, -0.05) is 6.92 Å². The van der Waals surface area contributed by atoms with E-state index in [1.54, 1.807) is 12.3 Å². The summed E-state index contributed by atoms with van der Waals surface area (Å²) in [5.74, 6) is 0.716. The molecular formula is C14H21N3O2. The van der Waals surface area contributed by atoms with Gasteiger partial charge in [0.15, 0.2) is 0 Å². The van der Waals surface area contributed by atoms with Crippen molar-refractivity contribution in [3.63, 3.8) is 0 Å². The van der Waals surface area contributed by atoms with Gasteiger partial charge in [-0.05, 0) is 31.9 Å². The second kappa shape index (κ2) is 6.52. The standard InChI is InChI=1S/C14H21N3O2/c1-3-7-15-13-5-4-11(9-16-13)14(18)17-12-6-8-19-10(12)2/h4-5,9-10,12H,3,6-8H2,1-2H3,(H,15,16)(H,17,18). The van der Waals surface area contributed by atoms with Crippen molar-refractivity contribution in [2.24, 2.45) is 0 Å². The molecule has 0 spiro atoms. The van der Waals surface area contributed by atoms with E-state index in [0.29, 0.717) is 12.2 Å². The van der Waals surface area contributed by atoms with Gasteiger partial charge in [-0.3, -0.25) is 4.79 Å². The van der Waals surface area contributed by atoms with Gasteiger partial charge in [0.05, 0.1) is 17.7 Å². The Hall–Kier alpha value is -1.62. The number of aromatic nitrogens is 1. The van der Waals surface area contributed by atoms with Crippen molar-refractivity contribution in [2.75, 3.05) is 18.5 Å². The number of pyridine rings is 1. The molecule has 1 aliphatic rings. The number of anilines is 1. The number of nitrogens with zero attached hydrogens (tertiary/aromatic N) is 1. The Labute approximate surface area is 113 Å². The van der Waals surface area contributed by atoms with Crippen LogP contribution in [0.4, 0.5) is 5.82 Å². The van der Waals surface area contributed by atoms with Crippen molar-refractivity contribution in [3.8, 4) is 0 Å². The number of ether oxygens (including phenoxy) is 1. The molecule has 5 nitrogen and oxygen atoms in total. The van der Waals surface area contributed by atoms with Gasteiger partial charge in [-0.25, -0.2) is 4.98 Å². The van der Waals surface area contributed by atoms with Crippen molar-refractivity contribution in [2.45, 2.75) is 38.8 Å². The first kappa shape index (κ1) is 13.8. The highest BCUT2D eigenvalue weighted by Crippen LogP contribution is 2.13. The van der Waals surface area contributed by atoms with Crippen LogP contribution in [-0.4, -0.2) is 36.2 Å². The summed E-state index contributed by atoms with van der Waals surface area (Å²) < 4.78 is 5.43. The van der Waals surface area contributed by atoms with Crippen molar-refractivity contribution >= 4 is 11.7 Å². The number of amides is 1. The number of carbonyl (C=O) groups is 1. The molecule has 0 saturated carbocycles. The second-order valence-corrected chi connectivity index (χ2v) is 4.80. The number of hydrogen-bond donors (Lipinski definition) is 2. The molecule has 104 valence electrons. The maximum Gasteiger partial charge on any atom is 0.253 e. The lowest BCUT2D eigenvalue weighted by Crippen LogP contribution is -2.39. The van der Waals surface area contributed by atoms with Gasteiger partial charge < -0.3 is 15.4 Å². The predicted octanol–water partition coefficient (Wildman–Crippen LogP) is 1.81. The quantitative estimate of drug-likeness (QED) is 0.850. The lowest BCUT2D eigenvalue weighted by molar-refractivity contribution is 0.0866. The summed E-state index contributed by atoms with van der Waals surface area (Å²) in [5.41, 5.74) is 0.584. The van der Waals surface area contributed by atoms with Crippen LogP contribution in [0.2, 0.25) is 0 Å². The van der Waals surface area contributed by atoms with Gasteiger partial charge in [0, 0.05) is 19.3 Å². The van der Waals surface area contributed by atoms with Gasteiger partial charge >= 0.3 is 0 Å². The zero-order valence-corrected chi connectivity index (χ0v) is 11.5. The average molecular weight is 263 g/mol. The largest absolute Gasteiger partial charge is 0.376 e. The molecule has 0 aliphatic carbocycles. The molecule has 1 saturated heterocycles. The Kier molecular flexibility index (Phi) is 4.74. The van der Waals surface area contributed by atoms with Crippen molar-refractivity contribution in [3.05, 3.63) is 23.9 Å². The van der Waals surface area contributed by atoms with E-state index >= 15 is 0 Å². The van der Waals surface area contributed by atoms with Crippen LogP contribution in [-0.2, 0) is 4.74 Å². The van der Waals surface area contributed by atoms with Crippen LogP contribution in [0.3, 0.4) is 0 Å². The van der Waals surface area contributed by atoms with Crippen LogP contribution in [0.5, 0.6) is 0 Å². The Morgan fingerprint density at radius 1 is 1.53 bits per heavy atom. The molecule has 0 aromatic carbocycles. The minimum absolute atomic E-state index is 0.0856. The fourth-order valence-corrected chi connectivity index (χ4v) is 2.06. The van der Waals surface area contributed by atoms with Crippen LogP contribution in [0.15, 0.2) is 18.3 Å². The minimum atomic E-state index is -0.0862. The molecule has 5 heteroatoms. The summed E-state index contributed by atoms with van der Waals surface area (Å²) >= 11 is 0. The fourth-order valence-electron chi connectivity index (χ4n) is 2.06. The number of carbonyl (C=O) groups excluding carboxylic acids is 1. The molecule has 1 aromatic rings. The van der Waals surface area contributed by atoms with Gasteiger partial charge in [0.1, 0.15) is 5.82 Å². The Balaban J connectivity index is 1.91. The third-order valence-corrected chi connectivity index (χ3v) is 3.27. The predicted molar refractivity (Wildman–Crippen MR) is 74.3 cm³/mol. The average Bonchev–Trinajstić information content (AvgIpc) is 2.82. The normalized spacial score (nSPS) is 22.2. The van der Waals surface area contributed by atoms with Gasteiger partial charge in [0.2, 0.25) is 0 Å². The van der Waals surface area contributed by atoms with E-state index in [4.69, 9.17) is 4.74 Å². The van der Waals surface area contributed by atoms with E-state index in [-0.39, 0.29) is 18.1 Å². The number of rotatable bonds is 5. The second-order valence-electron chi connectivity index (χ2n) is 4.80. The van der Waals surface area contributed by atoms with Gasteiger partial charge in [-0.15, -0.1) is 0 Å². The first-order valence-electron chi connectivity index (χ1n) is 6.83. The highest BCUT2D eigenvalue weighted by Gasteiger charge is 2.25. The molecular weight excluding hydrogens is 242 g/mol. The molecule has 1 aliphatic heterocycles. The van der Waals surface area contributed by atoms with Crippen LogP contribution < -0.4 is 10.6 Å². The lowest BCUT2D eigenvalue weighted by Gasteiger charge is -2.15. The monoisotopic (exact) mass is 263 g/mol. The molecule has 2 N–H and O–H groups in total. The lowest BCUT2D eigenvalue weighted by atomic mass is 10.1. The SMILES string of the molecule is CCCNc1ccc(C(=O)NC2CCOC2C)cn1. The molecule has 1 aromatic heterocycles. The van der Waals surface area contributed by atoms with E-state index in [2.05, 4.69) is 22.5 Å². The highest BCUT2D eigenvalue weighted by molar-refractivity contribution is 5.94. The number of nitrogens with one attached hydrogen (secondary N) is 2. The molecule has 0 radical (unpaired) electrons. The Bertz CT molecular complexity index is 419. The summed E-state index contributed by atoms with van der Waals surface area (Å²) in [6, 6.07) is 3.73. The zero-order chi connectivity index (χ0) is 13.7. The Morgan fingerprint density at radius 3 is 2.95 bits per heavy atom. The van der Waals surface area contributed by atoms with Crippen LogP contribution in [0.1, 0.15) is 37.0 Å². The zero-order valence-electron chi connectivity index (χ0n) is 11.5. The molecule has 19 heavy (non-hydrogen) atoms. The molecule has 1 amide bonds. The van der Waals surface area contributed by atoms with Crippen LogP contribution in [0, 0.1) is 0 Å². The van der Waals surface area contributed by atoms with Crippen molar-refractivity contribution in [1.29, 1.82) is 0 Å². The van der Waals surface area contributed by atoms with E-state index in [1.807, 2.05) is 13.0 Å². The smallest absolute Gasteiger partial charge is 0.253 e. The molecule has 2 rings (SSSR count). The van der Waals surface area contributed by atoms with E-state index < -0.39 is 0 Å². The highest BCUT2D eigenvalue weighted by atomic mass is 16.5. The number of hydrogen-bond acceptors (Lipinski definition) is 4. The van der Waals surface area contributed by atoms with E-state index in [1.165, 1.54) is 0 Å².